The summed E-state index contributed by atoms with van der Waals surface area (Å²) in [6.45, 7) is -0.307. The van der Waals surface area contributed by atoms with Gasteiger partial charge in [-0.15, -0.1) is 0 Å². The molecule has 0 radical (unpaired) electrons. The number of benzene rings is 1. The van der Waals surface area contributed by atoms with Crippen molar-refractivity contribution >= 4 is 23.4 Å². The van der Waals surface area contributed by atoms with Crippen molar-refractivity contribution in [3.63, 3.8) is 0 Å². The monoisotopic (exact) mass is 348 g/mol. The molecule has 0 aliphatic heterocycles. The molecule has 0 aliphatic rings. The minimum Gasteiger partial charge on any atom is -0.466 e. The Morgan fingerprint density at radius 2 is 2.17 bits per heavy atom. The highest BCUT2D eigenvalue weighted by molar-refractivity contribution is 5.87. The highest BCUT2D eigenvalue weighted by atomic mass is 19.4. The Morgan fingerprint density at radius 3 is 2.71 bits per heavy atom. The van der Waals surface area contributed by atoms with Crippen LogP contribution in [0.25, 0.3) is 6.08 Å². The molecule has 2 N–H and O–H groups in total. The number of rotatable bonds is 7. The number of alkyl halides is 3. The first-order valence-corrected chi connectivity index (χ1v) is 6.68. The average Bonchev–Trinajstić information content (AvgIpc) is 2.51. The van der Waals surface area contributed by atoms with Gasteiger partial charge in [-0.3, -0.25) is 10.1 Å². The van der Waals surface area contributed by atoms with E-state index in [-0.39, 0.29) is 17.9 Å². The first-order chi connectivity index (χ1) is 11.1. The maximum atomic E-state index is 12.2. The average molecular weight is 348 g/mol. The number of carbonyl (C=O) groups is 1. The SMILES string of the molecule is COC(=O)/C=C/c1ccc(NCCC(O)C(F)(F)F)c([N+](=O)[O-])c1. The fourth-order valence-electron chi connectivity index (χ4n) is 1.69. The van der Waals surface area contributed by atoms with Gasteiger partial charge in [0.2, 0.25) is 0 Å². The summed E-state index contributed by atoms with van der Waals surface area (Å²) < 4.78 is 40.9. The van der Waals surface area contributed by atoms with Gasteiger partial charge in [0.25, 0.3) is 5.69 Å². The standard InChI is InChI=1S/C14H15F3N2O5/c1-24-13(21)5-3-9-2-4-10(11(8-9)19(22)23)18-7-6-12(20)14(15,16)17/h2-5,8,12,18,20H,6-7H2,1H3/b5-3+. The Kier molecular flexibility index (Phi) is 6.71. The van der Waals surface area contributed by atoms with Crippen LogP contribution in [-0.4, -0.2) is 41.9 Å². The smallest absolute Gasteiger partial charge is 0.414 e. The lowest BCUT2D eigenvalue weighted by molar-refractivity contribution is -0.384. The van der Waals surface area contributed by atoms with Gasteiger partial charge < -0.3 is 15.2 Å². The molecule has 1 atom stereocenters. The van der Waals surface area contributed by atoms with Crippen molar-refractivity contribution in [1.29, 1.82) is 0 Å². The zero-order chi connectivity index (χ0) is 18.3. The molecular weight excluding hydrogens is 333 g/mol. The van der Waals surface area contributed by atoms with Crippen LogP contribution in [0.1, 0.15) is 12.0 Å². The van der Waals surface area contributed by atoms with Gasteiger partial charge >= 0.3 is 12.1 Å². The Bertz CT molecular complexity index is 631. The fraction of sp³-hybridized carbons (Fsp3) is 0.357. The number of anilines is 1. The van der Waals surface area contributed by atoms with Crippen molar-refractivity contribution in [2.75, 3.05) is 19.0 Å². The zero-order valence-electron chi connectivity index (χ0n) is 12.5. The largest absolute Gasteiger partial charge is 0.466 e. The number of carbonyl (C=O) groups excluding carboxylic acids is 1. The van der Waals surface area contributed by atoms with Crippen molar-refractivity contribution in [1.82, 2.24) is 0 Å². The molecule has 10 heteroatoms. The lowest BCUT2D eigenvalue weighted by Crippen LogP contribution is -2.30. The Balaban J connectivity index is 2.83. The number of ether oxygens (including phenoxy) is 1. The molecule has 132 valence electrons. The van der Waals surface area contributed by atoms with E-state index in [1.165, 1.54) is 25.3 Å². The molecule has 1 rings (SSSR count). The van der Waals surface area contributed by atoms with Crippen molar-refractivity contribution in [3.8, 4) is 0 Å². The van der Waals surface area contributed by atoms with Gasteiger partial charge in [-0.2, -0.15) is 13.2 Å². The first-order valence-electron chi connectivity index (χ1n) is 6.68. The lowest BCUT2D eigenvalue weighted by Gasteiger charge is -2.15. The minimum atomic E-state index is -4.74. The topological polar surface area (TPSA) is 102 Å². The Morgan fingerprint density at radius 1 is 1.50 bits per heavy atom. The molecular formula is C14H15F3N2O5. The summed E-state index contributed by atoms with van der Waals surface area (Å²) in [5.74, 6) is -0.638. The van der Waals surface area contributed by atoms with Crippen LogP contribution in [-0.2, 0) is 9.53 Å². The minimum absolute atomic E-state index is 0.00425. The number of aliphatic hydroxyl groups excluding tert-OH is 1. The molecule has 1 aromatic rings. The third kappa shape index (κ3) is 5.88. The van der Waals surface area contributed by atoms with E-state index in [0.717, 1.165) is 12.1 Å². The van der Waals surface area contributed by atoms with E-state index in [2.05, 4.69) is 10.1 Å². The normalized spacial score (nSPS) is 12.9. The maximum absolute atomic E-state index is 12.2. The van der Waals surface area contributed by atoms with Crippen LogP contribution >= 0.6 is 0 Å². The highest BCUT2D eigenvalue weighted by Crippen LogP contribution is 2.27. The summed E-state index contributed by atoms with van der Waals surface area (Å²) in [6.07, 6.45) is -5.52. The second-order valence-corrected chi connectivity index (χ2v) is 4.66. The molecule has 0 aliphatic carbocycles. The third-order valence-corrected chi connectivity index (χ3v) is 2.94. The van der Waals surface area contributed by atoms with E-state index in [0.29, 0.717) is 5.56 Å². The summed E-state index contributed by atoms with van der Waals surface area (Å²) in [5, 5.41) is 22.4. The molecule has 0 aromatic heterocycles. The van der Waals surface area contributed by atoms with Crippen molar-refractivity contribution in [2.45, 2.75) is 18.7 Å². The predicted octanol–water partition coefficient (Wildman–Crippen LogP) is 2.51. The maximum Gasteiger partial charge on any atom is 0.414 e. The van der Waals surface area contributed by atoms with E-state index in [1.54, 1.807) is 0 Å². The van der Waals surface area contributed by atoms with Gasteiger partial charge in [0, 0.05) is 18.7 Å². The Labute approximate surface area is 134 Å². The van der Waals surface area contributed by atoms with Crippen LogP contribution in [0.5, 0.6) is 0 Å². The van der Waals surface area contributed by atoms with Gasteiger partial charge in [-0.25, -0.2) is 4.79 Å². The fourth-order valence-corrected chi connectivity index (χ4v) is 1.69. The second-order valence-electron chi connectivity index (χ2n) is 4.66. The summed E-state index contributed by atoms with van der Waals surface area (Å²) in [7, 11) is 1.18. The second kappa shape index (κ2) is 8.29. The number of hydrogen-bond donors (Lipinski definition) is 2. The van der Waals surface area contributed by atoms with Crippen molar-refractivity contribution in [3.05, 3.63) is 40.0 Å². The number of hydrogen-bond acceptors (Lipinski definition) is 6. The Hall–Kier alpha value is -2.62. The molecule has 1 aromatic carbocycles. The van der Waals surface area contributed by atoms with Gasteiger partial charge in [0.05, 0.1) is 12.0 Å². The number of halogens is 3. The van der Waals surface area contributed by atoms with Crippen LogP contribution < -0.4 is 5.32 Å². The lowest BCUT2D eigenvalue weighted by atomic mass is 10.1. The first kappa shape index (κ1) is 19.4. The van der Waals surface area contributed by atoms with Crippen LogP contribution in [0, 0.1) is 10.1 Å². The number of methoxy groups -OCH3 is 1. The van der Waals surface area contributed by atoms with E-state index in [9.17, 15) is 28.1 Å². The summed E-state index contributed by atoms with van der Waals surface area (Å²) in [5.41, 5.74) is -0.0268. The van der Waals surface area contributed by atoms with E-state index < -0.39 is 29.6 Å². The number of nitrogens with zero attached hydrogens (tertiary/aromatic N) is 1. The van der Waals surface area contributed by atoms with E-state index >= 15 is 0 Å². The van der Waals surface area contributed by atoms with Crippen LogP contribution in [0.15, 0.2) is 24.3 Å². The molecule has 7 nitrogen and oxygen atoms in total. The van der Waals surface area contributed by atoms with E-state index in [1.807, 2.05) is 0 Å². The highest BCUT2D eigenvalue weighted by Gasteiger charge is 2.37. The molecule has 24 heavy (non-hydrogen) atoms. The molecule has 0 saturated heterocycles. The number of esters is 1. The van der Waals surface area contributed by atoms with Gasteiger partial charge in [-0.1, -0.05) is 6.07 Å². The van der Waals surface area contributed by atoms with Crippen LogP contribution in [0.3, 0.4) is 0 Å². The summed E-state index contributed by atoms with van der Waals surface area (Å²) in [6, 6.07) is 3.89. The molecule has 0 saturated carbocycles. The van der Waals surface area contributed by atoms with Gasteiger partial charge in [0.1, 0.15) is 5.69 Å². The number of nitro groups is 1. The molecule has 0 fully saturated rings. The number of nitro benzene ring substituents is 1. The molecule has 0 spiro atoms. The number of aliphatic hydroxyl groups is 1. The van der Waals surface area contributed by atoms with Crippen molar-refractivity contribution < 1.29 is 32.7 Å². The number of nitrogens with one attached hydrogen (secondary N) is 1. The quantitative estimate of drug-likeness (QED) is 0.340. The molecule has 0 heterocycles. The van der Waals surface area contributed by atoms with Crippen LogP contribution in [0.4, 0.5) is 24.5 Å². The third-order valence-electron chi connectivity index (χ3n) is 2.94. The van der Waals surface area contributed by atoms with E-state index in [4.69, 9.17) is 5.11 Å². The van der Waals surface area contributed by atoms with Crippen LogP contribution in [0.2, 0.25) is 0 Å². The van der Waals surface area contributed by atoms with Crippen molar-refractivity contribution in [2.24, 2.45) is 0 Å². The predicted molar refractivity (Wildman–Crippen MR) is 79.3 cm³/mol. The summed E-state index contributed by atoms with van der Waals surface area (Å²) in [4.78, 5) is 21.3. The van der Waals surface area contributed by atoms with Gasteiger partial charge in [-0.05, 0) is 24.1 Å². The molecule has 0 amide bonds. The summed E-state index contributed by atoms with van der Waals surface area (Å²) >= 11 is 0. The molecule has 1 unspecified atom stereocenters. The van der Waals surface area contributed by atoms with Gasteiger partial charge in [0.15, 0.2) is 6.10 Å². The molecule has 0 bridgehead atoms. The zero-order valence-corrected chi connectivity index (χ0v) is 12.5.